The standard InChI is InChI=1S/C24H37NO5/c1-8-29-21(27)24(16-22(2,3)25(6)23(4,5)17-24)13-14-30-20(26)15-18-9-11-19(28-7)12-10-18/h9-12H,8,13-17H2,1-7H3. The van der Waals surface area contributed by atoms with Crippen LogP contribution in [0.15, 0.2) is 24.3 Å². The monoisotopic (exact) mass is 419 g/mol. The first-order chi connectivity index (χ1) is 14.0. The van der Waals surface area contributed by atoms with Crippen molar-refractivity contribution >= 4 is 11.9 Å². The van der Waals surface area contributed by atoms with Crippen molar-refractivity contribution in [3.63, 3.8) is 0 Å². The molecule has 0 spiro atoms. The molecule has 1 aromatic carbocycles. The maximum Gasteiger partial charge on any atom is 0.312 e. The third-order valence-electron chi connectivity index (χ3n) is 6.42. The summed E-state index contributed by atoms with van der Waals surface area (Å²) in [5.74, 6) is 0.257. The van der Waals surface area contributed by atoms with Crippen LogP contribution in [0.3, 0.4) is 0 Å². The lowest BCUT2D eigenvalue weighted by atomic mass is 9.63. The summed E-state index contributed by atoms with van der Waals surface area (Å²) in [4.78, 5) is 27.7. The number of esters is 2. The molecule has 6 nitrogen and oxygen atoms in total. The fourth-order valence-corrected chi connectivity index (χ4v) is 4.80. The van der Waals surface area contributed by atoms with E-state index in [2.05, 4.69) is 39.6 Å². The van der Waals surface area contributed by atoms with Gasteiger partial charge >= 0.3 is 11.9 Å². The number of hydrogen-bond donors (Lipinski definition) is 0. The fraction of sp³-hybridized carbons (Fsp3) is 0.667. The Kier molecular flexibility index (Phi) is 7.56. The highest BCUT2D eigenvalue weighted by atomic mass is 16.5. The minimum Gasteiger partial charge on any atom is -0.497 e. The van der Waals surface area contributed by atoms with Crippen LogP contribution in [0.25, 0.3) is 0 Å². The van der Waals surface area contributed by atoms with Gasteiger partial charge in [-0.1, -0.05) is 12.1 Å². The number of piperidine rings is 1. The summed E-state index contributed by atoms with van der Waals surface area (Å²) in [6.45, 7) is 11.0. The lowest BCUT2D eigenvalue weighted by molar-refractivity contribution is -0.172. The van der Waals surface area contributed by atoms with E-state index in [1.165, 1.54) is 0 Å². The van der Waals surface area contributed by atoms with Crippen LogP contribution in [0.4, 0.5) is 0 Å². The second-order valence-corrected chi connectivity index (χ2v) is 9.53. The zero-order valence-electron chi connectivity index (χ0n) is 19.5. The summed E-state index contributed by atoms with van der Waals surface area (Å²) in [5, 5.41) is 0. The Hall–Kier alpha value is -2.08. The molecule has 0 atom stereocenters. The molecule has 30 heavy (non-hydrogen) atoms. The molecule has 1 saturated heterocycles. The minimum atomic E-state index is -0.671. The third kappa shape index (κ3) is 5.54. The van der Waals surface area contributed by atoms with E-state index in [1.807, 2.05) is 31.2 Å². The van der Waals surface area contributed by atoms with Crippen LogP contribution < -0.4 is 4.74 Å². The van der Waals surface area contributed by atoms with E-state index in [0.717, 1.165) is 11.3 Å². The highest BCUT2D eigenvalue weighted by Gasteiger charge is 2.55. The highest BCUT2D eigenvalue weighted by Crippen LogP contribution is 2.50. The van der Waals surface area contributed by atoms with Gasteiger partial charge in [-0.25, -0.2) is 0 Å². The number of rotatable bonds is 8. The average molecular weight is 420 g/mol. The van der Waals surface area contributed by atoms with Gasteiger partial charge in [0.15, 0.2) is 0 Å². The second-order valence-electron chi connectivity index (χ2n) is 9.53. The minimum absolute atomic E-state index is 0.179. The van der Waals surface area contributed by atoms with Gasteiger partial charge < -0.3 is 14.2 Å². The molecule has 2 rings (SSSR count). The summed E-state index contributed by atoms with van der Waals surface area (Å²) in [6.07, 6.45) is 1.97. The Morgan fingerprint density at radius 3 is 2.07 bits per heavy atom. The van der Waals surface area contributed by atoms with Crippen LogP contribution >= 0.6 is 0 Å². The number of hydrogen-bond acceptors (Lipinski definition) is 6. The molecule has 6 heteroatoms. The molecule has 0 unspecified atom stereocenters. The van der Waals surface area contributed by atoms with E-state index < -0.39 is 5.41 Å². The van der Waals surface area contributed by atoms with Gasteiger partial charge in [0.05, 0.1) is 32.2 Å². The van der Waals surface area contributed by atoms with E-state index in [1.54, 1.807) is 7.11 Å². The predicted octanol–water partition coefficient (Wildman–Crippen LogP) is 4.00. The topological polar surface area (TPSA) is 65.1 Å². The number of benzene rings is 1. The molecule has 1 fully saturated rings. The van der Waals surface area contributed by atoms with E-state index in [-0.39, 0.29) is 36.0 Å². The van der Waals surface area contributed by atoms with Gasteiger partial charge in [0.25, 0.3) is 0 Å². The molecule has 1 heterocycles. The van der Waals surface area contributed by atoms with Crippen molar-refractivity contribution in [3.05, 3.63) is 29.8 Å². The molecule has 0 N–H and O–H groups in total. The Morgan fingerprint density at radius 2 is 1.57 bits per heavy atom. The van der Waals surface area contributed by atoms with Crippen molar-refractivity contribution in [2.75, 3.05) is 27.4 Å². The molecule has 1 aromatic rings. The Balaban J connectivity index is 2.06. The van der Waals surface area contributed by atoms with Crippen LogP contribution in [-0.4, -0.2) is 55.3 Å². The smallest absolute Gasteiger partial charge is 0.312 e. The predicted molar refractivity (Wildman–Crippen MR) is 116 cm³/mol. The van der Waals surface area contributed by atoms with Crippen LogP contribution in [0.2, 0.25) is 0 Å². The maximum atomic E-state index is 13.0. The van der Waals surface area contributed by atoms with Crippen LogP contribution in [0.1, 0.15) is 59.4 Å². The Labute approximate surface area is 180 Å². The Morgan fingerprint density at radius 1 is 1.00 bits per heavy atom. The summed E-state index contributed by atoms with van der Waals surface area (Å²) >= 11 is 0. The quantitative estimate of drug-likeness (QED) is 0.594. The van der Waals surface area contributed by atoms with Crippen LogP contribution in [0.5, 0.6) is 5.75 Å². The lowest BCUT2D eigenvalue weighted by Crippen LogP contribution is -2.63. The molecule has 0 amide bonds. The van der Waals surface area contributed by atoms with Crippen molar-refractivity contribution in [1.29, 1.82) is 0 Å². The fourth-order valence-electron chi connectivity index (χ4n) is 4.80. The highest BCUT2D eigenvalue weighted by molar-refractivity contribution is 5.77. The van der Waals surface area contributed by atoms with Crippen molar-refractivity contribution in [1.82, 2.24) is 4.90 Å². The molecule has 1 aliphatic heterocycles. The first-order valence-corrected chi connectivity index (χ1v) is 10.7. The summed E-state index contributed by atoms with van der Waals surface area (Å²) < 4.78 is 16.1. The molecule has 0 bridgehead atoms. The first-order valence-electron chi connectivity index (χ1n) is 10.7. The third-order valence-corrected chi connectivity index (χ3v) is 6.42. The number of nitrogens with zero attached hydrogens (tertiary/aromatic N) is 1. The van der Waals surface area contributed by atoms with Gasteiger partial charge in [0, 0.05) is 11.1 Å². The van der Waals surface area contributed by atoms with Crippen molar-refractivity contribution in [2.24, 2.45) is 5.41 Å². The van der Waals surface area contributed by atoms with E-state index in [0.29, 0.717) is 25.9 Å². The normalized spacial score (nSPS) is 19.7. The molecular formula is C24H37NO5. The summed E-state index contributed by atoms with van der Waals surface area (Å²) in [6, 6.07) is 7.34. The SMILES string of the molecule is CCOC(=O)C1(CCOC(=O)Cc2ccc(OC)cc2)CC(C)(C)N(C)C(C)(C)C1. The van der Waals surface area contributed by atoms with E-state index in [9.17, 15) is 9.59 Å². The number of carbonyl (C=O) groups is 2. The summed E-state index contributed by atoms with van der Waals surface area (Å²) in [7, 11) is 3.71. The van der Waals surface area contributed by atoms with Crippen LogP contribution in [-0.2, 0) is 25.5 Å². The molecular weight excluding hydrogens is 382 g/mol. The van der Waals surface area contributed by atoms with E-state index in [4.69, 9.17) is 14.2 Å². The van der Waals surface area contributed by atoms with Crippen molar-refractivity contribution < 1.29 is 23.8 Å². The number of carbonyl (C=O) groups excluding carboxylic acids is 2. The van der Waals surface area contributed by atoms with Crippen molar-refractivity contribution in [2.45, 2.75) is 71.4 Å². The number of ether oxygens (including phenoxy) is 3. The molecule has 0 saturated carbocycles. The van der Waals surface area contributed by atoms with Gasteiger partial charge in [-0.2, -0.15) is 0 Å². The lowest BCUT2D eigenvalue weighted by Gasteiger charge is -2.57. The van der Waals surface area contributed by atoms with Gasteiger partial charge in [-0.3, -0.25) is 14.5 Å². The van der Waals surface area contributed by atoms with Gasteiger partial charge in [0.2, 0.25) is 0 Å². The van der Waals surface area contributed by atoms with Crippen molar-refractivity contribution in [3.8, 4) is 5.75 Å². The summed E-state index contributed by atoms with van der Waals surface area (Å²) in [5.41, 5.74) is -0.165. The zero-order valence-corrected chi connectivity index (χ0v) is 19.5. The average Bonchev–Trinajstić information content (AvgIpc) is 2.66. The molecule has 0 aliphatic carbocycles. The van der Waals surface area contributed by atoms with Gasteiger partial charge in [0.1, 0.15) is 5.75 Å². The zero-order chi connectivity index (χ0) is 22.6. The van der Waals surface area contributed by atoms with E-state index >= 15 is 0 Å². The van der Waals surface area contributed by atoms with Crippen LogP contribution in [0, 0.1) is 5.41 Å². The largest absolute Gasteiger partial charge is 0.497 e. The molecule has 0 radical (unpaired) electrons. The number of methoxy groups -OCH3 is 1. The molecule has 1 aliphatic rings. The van der Waals surface area contributed by atoms with Gasteiger partial charge in [-0.05, 0) is 78.6 Å². The Bertz CT molecular complexity index is 720. The second kappa shape index (κ2) is 9.38. The maximum absolute atomic E-state index is 13.0. The van der Waals surface area contributed by atoms with Gasteiger partial charge in [-0.15, -0.1) is 0 Å². The molecule has 0 aromatic heterocycles. The first kappa shape index (κ1) is 24.2. The molecule has 168 valence electrons. The number of likely N-dealkylation sites (tertiary alicyclic amines) is 1.